The van der Waals surface area contributed by atoms with E-state index in [0.717, 1.165) is 12.8 Å². The molecular weight excluding hydrogens is 395 g/mol. The second-order valence-corrected chi connectivity index (χ2v) is 7.72. The first-order valence-electron chi connectivity index (χ1n) is 10.0. The van der Waals surface area contributed by atoms with Crippen LogP contribution in [-0.2, 0) is 7.05 Å². The van der Waals surface area contributed by atoms with E-state index in [1.165, 1.54) is 16.7 Å². The number of anilines is 2. The van der Waals surface area contributed by atoms with E-state index in [9.17, 15) is 9.18 Å². The lowest BCUT2D eigenvalue weighted by molar-refractivity contribution is 0.490. The summed E-state index contributed by atoms with van der Waals surface area (Å²) in [6.45, 7) is 8.47. The highest BCUT2D eigenvalue weighted by molar-refractivity contribution is 5.82. The topological polar surface area (TPSA) is 94.5 Å². The van der Waals surface area contributed by atoms with Gasteiger partial charge in [-0.2, -0.15) is 0 Å². The average molecular weight is 418 g/mol. The molecule has 1 saturated heterocycles. The molecule has 2 aromatic carbocycles. The normalized spacial score (nSPS) is 14.5. The van der Waals surface area contributed by atoms with E-state index < -0.39 is 5.82 Å². The third-order valence-electron chi connectivity index (χ3n) is 5.63. The van der Waals surface area contributed by atoms with Crippen molar-refractivity contribution in [2.24, 2.45) is 12.8 Å². The number of nitrogens with two attached hydrogens (primary N) is 2. The monoisotopic (exact) mass is 418 g/mol. The number of nitrogens with zero attached hydrogens (tertiary/aromatic N) is 4. The maximum Gasteiger partial charge on any atom is 0.263 e. The first-order valence-corrected chi connectivity index (χ1v) is 10.0. The predicted octanol–water partition coefficient (Wildman–Crippen LogP) is 3.31. The van der Waals surface area contributed by atoms with Gasteiger partial charge in [0, 0.05) is 37.4 Å². The lowest BCUT2D eigenvalue weighted by Crippen LogP contribution is -2.42. The standard InChI is InChI=1S/C23H23FN6O/c1-27-19-8-5-15(13-18(19)24)21-20(14-3-6-16(25)7-4-14)22(31)29(2)23(28-21)30-11-9-17(26)10-12-30/h3-8,13,17H,9-12,25-26H2,2H3. The molecule has 2 heterocycles. The summed E-state index contributed by atoms with van der Waals surface area (Å²) < 4.78 is 16.0. The van der Waals surface area contributed by atoms with Crippen molar-refractivity contribution in [3.63, 3.8) is 0 Å². The van der Waals surface area contributed by atoms with Crippen molar-refractivity contribution >= 4 is 17.3 Å². The van der Waals surface area contributed by atoms with Gasteiger partial charge in [0.1, 0.15) is 5.82 Å². The fourth-order valence-electron chi connectivity index (χ4n) is 3.84. The highest BCUT2D eigenvalue weighted by atomic mass is 19.1. The van der Waals surface area contributed by atoms with Gasteiger partial charge >= 0.3 is 0 Å². The summed E-state index contributed by atoms with van der Waals surface area (Å²) in [4.78, 5) is 23.5. The van der Waals surface area contributed by atoms with Gasteiger partial charge in [-0.3, -0.25) is 9.36 Å². The Hall–Kier alpha value is -3.70. The van der Waals surface area contributed by atoms with Gasteiger partial charge < -0.3 is 16.4 Å². The molecule has 0 radical (unpaired) electrons. The number of nitrogen functional groups attached to an aromatic ring is 1. The second kappa shape index (κ2) is 8.20. The molecule has 1 aromatic heterocycles. The van der Waals surface area contributed by atoms with Crippen LogP contribution in [0, 0.1) is 12.4 Å². The van der Waals surface area contributed by atoms with E-state index in [0.29, 0.717) is 47.1 Å². The van der Waals surface area contributed by atoms with Crippen LogP contribution in [0.2, 0.25) is 0 Å². The van der Waals surface area contributed by atoms with Crippen molar-refractivity contribution in [1.82, 2.24) is 9.55 Å². The molecule has 0 amide bonds. The van der Waals surface area contributed by atoms with Crippen molar-refractivity contribution < 1.29 is 4.39 Å². The van der Waals surface area contributed by atoms with Crippen LogP contribution in [0.25, 0.3) is 27.2 Å². The van der Waals surface area contributed by atoms with E-state index in [4.69, 9.17) is 23.0 Å². The number of piperidine rings is 1. The largest absolute Gasteiger partial charge is 0.399 e. The van der Waals surface area contributed by atoms with Crippen LogP contribution < -0.4 is 21.9 Å². The van der Waals surface area contributed by atoms with Crippen molar-refractivity contribution in [3.05, 3.63) is 70.1 Å². The molecule has 0 atom stereocenters. The lowest BCUT2D eigenvalue weighted by atomic mass is 9.99. The summed E-state index contributed by atoms with van der Waals surface area (Å²) in [5, 5.41) is 0. The van der Waals surface area contributed by atoms with E-state index in [2.05, 4.69) is 4.85 Å². The molecular formula is C23H23FN6O. The molecule has 1 aliphatic heterocycles. The highest BCUT2D eigenvalue weighted by Crippen LogP contribution is 2.33. The quantitative estimate of drug-likeness (QED) is 0.503. The third-order valence-corrected chi connectivity index (χ3v) is 5.63. The Morgan fingerprint density at radius 3 is 2.39 bits per heavy atom. The molecule has 0 saturated carbocycles. The Morgan fingerprint density at radius 1 is 1.13 bits per heavy atom. The van der Waals surface area contributed by atoms with Crippen molar-refractivity contribution in [3.8, 4) is 22.4 Å². The van der Waals surface area contributed by atoms with E-state index in [1.807, 2.05) is 4.90 Å². The van der Waals surface area contributed by atoms with Gasteiger partial charge in [-0.05, 0) is 36.6 Å². The summed E-state index contributed by atoms with van der Waals surface area (Å²) in [5.74, 6) is -0.135. The molecule has 1 aliphatic rings. The lowest BCUT2D eigenvalue weighted by Gasteiger charge is -2.32. The van der Waals surface area contributed by atoms with Gasteiger partial charge in [-0.1, -0.05) is 24.3 Å². The molecule has 31 heavy (non-hydrogen) atoms. The van der Waals surface area contributed by atoms with Gasteiger partial charge in [-0.25, -0.2) is 14.2 Å². The van der Waals surface area contributed by atoms with Gasteiger partial charge in [-0.15, -0.1) is 0 Å². The Balaban J connectivity index is 1.95. The second-order valence-electron chi connectivity index (χ2n) is 7.72. The Morgan fingerprint density at radius 2 is 1.77 bits per heavy atom. The van der Waals surface area contributed by atoms with Crippen molar-refractivity contribution in [2.45, 2.75) is 18.9 Å². The van der Waals surface area contributed by atoms with E-state index in [-0.39, 0.29) is 17.3 Å². The molecule has 158 valence electrons. The van der Waals surface area contributed by atoms with Crippen molar-refractivity contribution in [2.75, 3.05) is 23.7 Å². The van der Waals surface area contributed by atoms with Crippen LogP contribution in [0.4, 0.5) is 21.7 Å². The summed E-state index contributed by atoms with van der Waals surface area (Å²) in [6, 6.07) is 11.3. The highest BCUT2D eigenvalue weighted by Gasteiger charge is 2.24. The molecule has 0 spiro atoms. The van der Waals surface area contributed by atoms with Crippen LogP contribution in [-0.4, -0.2) is 28.7 Å². The van der Waals surface area contributed by atoms with Crippen LogP contribution in [0.1, 0.15) is 12.8 Å². The molecule has 4 rings (SSSR count). The molecule has 1 fully saturated rings. The molecule has 0 unspecified atom stereocenters. The molecule has 7 nitrogen and oxygen atoms in total. The molecule has 3 aromatic rings. The van der Waals surface area contributed by atoms with Gasteiger partial charge in [0.15, 0.2) is 0 Å². The molecule has 4 N–H and O–H groups in total. The van der Waals surface area contributed by atoms with Crippen LogP contribution in [0.3, 0.4) is 0 Å². The summed E-state index contributed by atoms with van der Waals surface area (Å²) in [5.41, 5.74) is 13.9. The molecule has 8 heteroatoms. The Bertz CT molecular complexity index is 1220. The minimum atomic E-state index is -0.649. The molecule has 0 bridgehead atoms. The zero-order valence-electron chi connectivity index (χ0n) is 17.2. The Labute approximate surface area is 179 Å². The maximum absolute atomic E-state index is 14.4. The number of rotatable bonds is 3. The first-order chi connectivity index (χ1) is 14.9. The number of hydrogen-bond donors (Lipinski definition) is 2. The predicted molar refractivity (Wildman–Crippen MR) is 120 cm³/mol. The maximum atomic E-state index is 14.4. The summed E-state index contributed by atoms with van der Waals surface area (Å²) in [6.07, 6.45) is 1.61. The zero-order valence-corrected chi connectivity index (χ0v) is 17.2. The SMILES string of the molecule is [C-]#[N+]c1ccc(-c2nc(N3CCC(N)CC3)n(C)c(=O)c2-c2ccc(N)cc2)cc1F. The number of benzene rings is 2. The fraction of sp³-hybridized carbons (Fsp3) is 0.261. The van der Waals surface area contributed by atoms with Crippen LogP contribution in [0.5, 0.6) is 0 Å². The summed E-state index contributed by atoms with van der Waals surface area (Å²) in [7, 11) is 1.69. The smallest absolute Gasteiger partial charge is 0.263 e. The molecule has 0 aliphatic carbocycles. The number of halogens is 1. The van der Waals surface area contributed by atoms with E-state index in [1.54, 1.807) is 37.4 Å². The zero-order chi connectivity index (χ0) is 22.1. The minimum absolute atomic E-state index is 0.0770. The fourth-order valence-corrected chi connectivity index (χ4v) is 3.84. The number of hydrogen-bond acceptors (Lipinski definition) is 5. The average Bonchev–Trinajstić information content (AvgIpc) is 2.77. The van der Waals surface area contributed by atoms with Crippen LogP contribution >= 0.6 is 0 Å². The van der Waals surface area contributed by atoms with Crippen molar-refractivity contribution in [1.29, 1.82) is 0 Å². The number of aromatic nitrogens is 2. The van der Waals surface area contributed by atoms with Gasteiger partial charge in [0.2, 0.25) is 11.6 Å². The minimum Gasteiger partial charge on any atom is -0.399 e. The van der Waals surface area contributed by atoms with Crippen LogP contribution in [0.15, 0.2) is 47.3 Å². The summed E-state index contributed by atoms with van der Waals surface area (Å²) >= 11 is 0. The van der Waals surface area contributed by atoms with Gasteiger partial charge in [0.25, 0.3) is 5.56 Å². The third kappa shape index (κ3) is 3.88. The Kier molecular flexibility index (Phi) is 5.44. The van der Waals surface area contributed by atoms with E-state index >= 15 is 0 Å². The van der Waals surface area contributed by atoms with Gasteiger partial charge in [0.05, 0.1) is 17.8 Å². The first kappa shape index (κ1) is 20.6.